The van der Waals surface area contributed by atoms with Crippen molar-refractivity contribution in [2.24, 2.45) is 0 Å². The van der Waals surface area contributed by atoms with Gasteiger partial charge in [0.25, 0.3) is 0 Å². The summed E-state index contributed by atoms with van der Waals surface area (Å²) >= 11 is 5.99. The normalized spacial score (nSPS) is 11.8. The monoisotopic (exact) mass is 277 g/mol. The number of furan rings is 1. The predicted molar refractivity (Wildman–Crippen MR) is 80.4 cm³/mol. The Hall–Kier alpha value is -1.25. The van der Waals surface area contributed by atoms with E-state index in [1.165, 1.54) is 0 Å². The lowest BCUT2D eigenvalue weighted by atomic mass is 10.0. The molecule has 1 aromatic carbocycles. The van der Waals surface area contributed by atoms with Crippen LogP contribution >= 0.6 is 11.6 Å². The van der Waals surface area contributed by atoms with E-state index in [2.05, 4.69) is 26.1 Å². The van der Waals surface area contributed by atoms with Crippen LogP contribution in [0.25, 0.3) is 11.3 Å². The number of halogens is 1. The topological polar surface area (TPSA) is 25.2 Å². The third kappa shape index (κ3) is 3.85. The third-order valence-corrected chi connectivity index (χ3v) is 3.63. The van der Waals surface area contributed by atoms with Crippen LogP contribution in [0.3, 0.4) is 0 Å². The van der Waals surface area contributed by atoms with E-state index < -0.39 is 0 Å². The zero-order chi connectivity index (χ0) is 13.9. The molecule has 0 unspecified atom stereocenters. The molecule has 0 saturated heterocycles. The number of hydrogen-bond acceptors (Lipinski definition) is 2. The summed E-state index contributed by atoms with van der Waals surface area (Å²) in [5.41, 5.74) is 1.14. The highest BCUT2D eigenvalue weighted by atomic mass is 35.5. The van der Waals surface area contributed by atoms with Crippen LogP contribution in [-0.4, -0.2) is 5.54 Å². The first kappa shape index (κ1) is 14.2. The van der Waals surface area contributed by atoms with Gasteiger partial charge in [0, 0.05) is 16.1 Å². The molecule has 102 valence electrons. The lowest BCUT2D eigenvalue weighted by Gasteiger charge is -2.23. The number of hydrogen-bond donors (Lipinski definition) is 1. The maximum absolute atomic E-state index is 5.99. The summed E-state index contributed by atoms with van der Waals surface area (Å²) in [7, 11) is 0. The van der Waals surface area contributed by atoms with Crippen LogP contribution in [0.1, 0.15) is 33.0 Å². The Balaban J connectivity index is 2.07. The molecule has 0 spiro atoms. The van der Waals surface area contributed by atoms with Crippen molar-refractivity contribution in [2.45, 2.75) is 39.3 Å². The summed E-state index contributed by atoms with van der Waals surface area (Å²) in [5, 5.41) is 4.20. The van der Waals surface area contributed by atoms with E-state index >= 15 is 0 Å². The van der Waals surface area contributed by atoms with Gasteiger partial charge >= 0.3 is 0 Å². The maximum atomic E-state index is 5.99. The standard InChI is InChI=1S/C16H20ClNO/c1-4-16(2,3)18-11-14-8-9-15(19-14)12-6-5-7-13(17)10-12/h5-10,18H,4,11H2,1-3H3. The molecule has 0 amide bonds. The SMILES string of the molecule is CCC(C)(C)NCc1ccc(-c2cccc(Cl)c2)o1. The molecule has 0 aliphatic heterocycles. The van der Waals surface area contributed by atoms with E-state index in [1.807, 2.05) is 36.4 Å². The molecule has 0 fully saturated rings. The van der Waals surface area contributed by atoms with Crippen molar-refractivity contribution in [1.82, 2.24) is 5.32 Å². The Morgan fingerprint density at radius 2 is 2.00 bits per heavy atom. The van der Waals surface area contributed by atoms with E-state index in [0.717, 1.165) is 35.1 Å². The Bertz CT molecular complexity index is 545. The molecule has 0 radical (unpaired) electrons. The van der Waals surface area contributed by atoms with Gasteiger partial charge in [-0.2, -0.15) is 0 Å². The fourth-order valence-electron chi connectivity index (χ4n) is 1.72. The van der Waals surface area contributed by atoms with Gasteiger partial charge in [0.1, 0.15) is 11.5 Å². The summed E-state index contributed by atoms with van der Waals surface area (Å²) in [6, 6.07) is 11.7. The van der Waals surface area contributed by atoms with Crippen molar-refractivity contribution in [2.75, 3.05) is 0 Å². The van der Waals surface area contributed by atoms with E-state index in [4.69, 9.17) is 16.0 Å². The average Bonchev–Trinajstić information content (AvgIpc) is 2.85. The fraction of sp³-hybridized carbons (Fsp3) is 0.375. The maximum Gasteiger partial charge on any atom is 0.134 e. The third-order valence-electron chi connectivity index (χ3n) is 3.40. The summed E-state index contributed by atoms with van der Waals surface area (Å²) in [6.07, 6.45) is 1.08. The number of nitrogens with one attached hydrogen (secondary N) is 1. The summed E-state index contributed by atoms with van der Waals surface area (Å²) in [4.78, 5) is 0. The molecule has 0 atom stereocenters. The van der Waals surface area contributed by atoms with Gasteiger partial charge in [-0.15, -0.1) is 0 Å². The van der Waals surface area contributed by atoms with Crippen molar-refractivity contribution in [1.29, 1.82) is 0 Å². The largest absolute Gasteiger partial charge is 0.460 e. The number of benzene rings is 1. The zero-order valence-electron chi connectivity index (χ0n) is 11.7. The molecular formula is C16H20ClNO. The highest BCUT2D eigenvalue weighted by Gasteiger charge is 2.14. The highest BCUT2D eigenvalue weighted by molar-refractivity contribution is 6.30. The molecule has 1 heterocycles. The van der Waals surface area contributed by atoms with Crippen LogP contribution < -0.4 is 5.32 Å². The van der Waals surface area contributed by atoms with Crippen LogP contribution in [-0.2, 0) is 6.54 Å². The van der Waals surface area contributed by atoms with E-state index in [0.29, 0.717) is 0 Å². The molecule has 1 N–H and O–H groups in total. The van der Waals surface area contributed by atoms with Gasteiger partial charge in [-0.25, -0.2) is 0 Å². The van der Waals surface area contributed by atoms with Crippen molar-refractivity contribution in [3.63, 3.8) is 0 Å². The lowest BCUT2D eigenvalue weighted by molar-refractivity contribution is 0.353. The second kappa shape index (κ2) is 5.81. The summed E-state index contributed by atoms with van der Waals surface area (Å²) in [6.45, 7) is 7.29. The van der Waals surface area contributed by atoms with E-state index in [-0.39, 0.29) is 5.54 Å². The molecule has 2 rings (SSSR count). The van der Waals surface area contributed by atoms with Crippen molar-refractivity contribution >= 4 is 11.6 Å². The fourth-order valence-corrected chi connectivity index (χ4v) is 1.91. The second-order valence-electron chi connectivity index (χ2n) is 5.37. The van der Waals surface area contributed by atoms with Crippen molar-refractivity contribution in [3.05, 3.63) is 47.2 Å². The molecule has 0 saturated carbocycles. The Labute approximate surface area is 119 Å². The Morgan fingerprint density at radius 1 is 1.21 bits per heavy atom. The van der Waals surface area contributed by atoms with Crippen LogP contribution in [0, 0.1) is 0 Å². The van der Waals surface area contributed by atoms with E-state index in [1.54, 1.807) is 0 Å². The van der Waals surface area contributed by atoms with Crippen LogP contribution in [0.15, 0.2) is 40.8 Å². The first-order valence-corrected chi connectivity index (χ1v) is 6.98. The molecule has 0 bridgehead atoms. The molecule has 3 heteroatoms. The molecule has 2 aromatic rings. The minimum Gasteiger partial charge on any atom is -0.460 e. The van der Waals surface area contributed by atoms with Crippen LogP contribution in [0.5, 0.6) is 0 Å². The van der Waals surface area contributed by atoms with Gasteiger partial charge in [-0.3, -0.25) is 0 Å². The molecule has 0 aliphatic carbocycles. The van der Waals surface area contributed by atoms with Gasteiger partial charge in [0.05, 0.1) is 6.54 Å². The van der Waals surface area contributed by atoms with Gasteiger partial charge in [0.15, 0.2) is 0 Å². The highest BCUT2D eigenvalue weighted by Crippen LogP contribution is 2.25. The van der Waals surface area contributed by atoms with Crippen LogP contribution in [0.4, 0.5) is 0 Å². The lowest BCUT2D eigenvalue weighted by Crippen LogP contribution is -2.37. The first-order valence-electron chi connectivity index (χ1n) is 6.60. The zero-order valence-corrected chi connectivity index (χ0v) is 12.4. The van der Waals surface area contributed by atoms with Gasteiger partial charge < -0.3 is 9.73 Å². The molecule has 1 aromatic heterocycles. The summed E-state index contributed by atoms with van der Waals surface area (Å²) in [5.74, 6) is 1.80. The minimum absolute atomic E-state index is 0.128. The average molecular weight is 278 g/mol. The summed E-state index contributed by atoms with van der Waals surface area (Å²) < 4.78 is 5.84. The van der Waals surface area contributed by atoms with Gasteiger partial charge in [-0.1, -0.05) is 30.7 Å². The quantitative estimate of drug-likeness (QED) is 0.843. The molecule has 2 nitrogen and oxygen atoms in total. The smallest absolute Gasteiger partial charge is 0.134 e. The van der Waals surface area contributed by atoms with E-state index in [9.17, 15) is 0 Å². The molecular weight excluding hydrogens is 258 g/mol. The van der Waals surface area contributed by atoms with Gasteiger partial charge in [0.2, 0.25) is 0 Å². The molecule has 19 heavy (non-hydrogen) atoms. The van der Waals surface area contributed by atoms with Crippen molar-refractivity contribution < 1.29 is 4.42 Å². The van der Waals surface area contributed by atoms with Crippen LogP contribution in [0.2, 0.25) is 5.02 Å². The Morgan fingerprint density at radius 3 is 2.68 bits per heavy atom. The Kier molecular flexibility index (Phi) is 4.33. The van der Waals surface area contributed by atoms with Gasteiger partial charge in [-0.05, 0) is 44.5 Å². The van der Waals surface area contributed by atoms with Crippen molar-refractivity contribution in [3.8, 4) is 11.3 Å². The minimum atomic E-state index is 0.128. The molecule has 0 aliphatic rings. The predicted octanol–water partition coefficient (Wildman–Crippen LogP) is 4.88. The number of rotatable bonds is 5. The first-order chi connectivity index (χ1) is 9.00. The second-order valence-corrected chi connectivity index (χ2v) is 5.80.